The molecule has 0 aliphatic heterocycles. The van der Waals surface area contributed by atoms with E-state index in [0.29, 0.717) is 5.92 Å². The highest BCUT2D eigenvalue weighted by atomic mass is 16.5. The quantitative estimate of drug-likeness (QED) is 0.470. The molecule has 1 aliphatic carbocycles. The number of carbonyl (C=O) groups excluding carboxylic acids is 1. The zero-order chi connectivity index (χ0) is 15.6. The molecule has 1 saturated carbocycles. The Hall–Kier alpha value is -0.610. The molecule has 2 unspecified atom stereocenters. The molecule has 0 saturated heterocycles. The van der Waals surface area contributed by atoms with Crippen LogP contribution >= 0.6 is 0 Å². The van der Waals surface area contributed by atoms with E-state index in [4.69, 9.17) is 9.47 Å². The Balaban J connectivity index is 2.23. The normalized spacial score (nSPS) is 25.2. The lowest BCUT2D eigenvalue weighted by Gasteiger charge is -2.32. The maximum atomic E-state index is 12.1. The fraction of sp³-hybridized carbons (Fsp3) is 0.941. The number of rotatable bonds is 11. The highest BCUT2D eigenvalue weighted by molar-refractivity contribution is 5.81. The predicted octanol–water partition coefficient (Wildman–Crippen LogP) is 3.29. The van der Waals surface area contributed by atoms with Crippen LogP contribution in [0.1, 0.15) is 64.7 Å². The molecule has 2 atom stereocenters. The maximum absolute atomic E-state index is 12.1. The van der Waals surface area contributed by atoms with Crippen molar-refractivity contribution in [3.8, 4) is 0 Å². The van der Waals surface area contributed by atoms with Crippen molar-refractivity contribution < 1.29 is 14.3 Å². The van der Waals surface area contributed by atoms with Gasteiger partial charge in [0.25, 0.3) is 0 Å². The first-order chi connectivity index (χ1) is 10.2. The summed E-state index contributed by atoms with van der Waals surface area (Å²) in [4.78, 5) is 12.1. The Morgan fingerprint density at radius 1 is 1.24 bits per heavy atom. The molecule has 4 nitrogen and oxygen atoms in total. The van der Waals surface area contributed by atoms with Crippen LogP contribution in [0.25, 0.3) is 0 Å². The number of methoxy groups -OCH3 is 1. The molecule has 0 radical (unpaired) electrons. The van der Waals surface area contributed by atoms with Gasteiger partial charge < -0.3 is 14.8 Å². The molecule has 0 bridgehead atoms. The van der Waals surface area contributed by atoms with E-state index in [9.17, 15) is 4.79 Å². The number of hydrogen-bond acceptors (Lipinski definition) is 4. The third-order valence-corrected chi connectivity index (χ3v) is 4.82. The van der Waals surface area contributed by atoms with Gasteiger partial charge in [-0.3, -0.25) is 4.79 Å². The Bertz CT molecular complexity index is 296. The van der Waals surface area contributed by atoms with Crippen molar-refractivity contribution in [2.24, 2.45) is 5.92 Å². The van der Waals surface area contributed by atoms with Crippen molar-refractivity contribution in [2.75, 3.05) is 27.4 Å². The van der Waals surface area contributed by atoms with Crippen LogP contribution in [0.15, 0.2) is 0 Å². The summed E-state index contributed by atoms with van der Waals surface area (Å²) in [5.41, 5.74) is -0.487. The van der Waals surface area contributed by atoms with Crippen LogP contribution in [-0.2, 0) is 14.3 Å². The van der Waals surface area contributed by atoms with Gasteiger partial charge in [-0.05, 0) is 38.6 Å². The van der Waals surface area contributed by atoms with Crippen LogP contribution in [-0.4, -0.2) is 38.9 Å². The smallest absolute Gasteiger partial charge is 0.326 e. The molecule has 0 aromatic heterocycles. The molecule has 1 N–H and O–H groups in total. The molecule has 124 valence electrons. The fourth-order valence-corrected chi connectivity index (χ4v) is 3.49. The third kappa shape index (κ3) is 5.26. The van der Waals surface area contributed by atoms with Crippen molar-refractivity contribution in [3.63, 3.8) is 0 Å². The van der Waals surface area contributed by atoms with E-state index in [1.807, 2.05) is 7.05 Å². The van der Waals surface area contributed by atoms with Gasteiger partial charge >= 0.3 is 5.97 Å². The second-order valence-corrected chi connectivity index (χ2v) is 6.12. The van der Waals surface area contributed by atoms with Gasteiger partial charge in [0.15, 0.2) is 0 Å². The SMILES string of the molecule is CCCCCCCOCCC1CCCC1(NC)C(=O)OC. The number of esters is 1. The Morgan fingerprint density at radius 2 is 2.00 bits per heavy atom. The Morgan fingerprint density at radius 3 is 2.67 bits per heavy atom. The molecule has 1 rings (SSSR count). The van der Waals surface area contributed by atoms with E-state index >= 15 is 0 Å². The number of likely N-dealkylation sites (N-methyl/N-ethyl adjacent to an activating group) is 1. The summed E-state index contributed by atoms with van der Waals surface area (Å²) in [6.45, 7) is 3.83. The molecule has 0 spiro atoms. The minimum atomic E-state index is -0.487. The molecular formula is C17H33NO3. The number of carbonyl (C=O) groups is 1. The monoisotopic (exact) mass is 299 g/mol. The minimum Gasteiger partial charge on any atom is -0.468 e. The maximum Gasteiger partial charge on any atom is 0.326 e. The number of ether oxygens (including phenoxy) is 2. The van der Waals surface area contributed by atoms with Crippen molar-refractivity contribution >= 4 is 5.97 Å². The lowest BCUT2D eigenvalue weighted by Crippen LogP contribution is -2.54. The first-order valence-corrected chi connectivity index (χ1v) is 8.56. The van der Waals surface area contributed by atoms with E-state index in [1.165, 1.54) is 32.8 Å². The van der Waals surface area contributed by atoms with Gasteiger partial charge in [-0.25, -0.2) is 0 Å². The number of unbranched alkanes of at least 4 members (excludes halogenated alkanes) is 4. The predicted molar refractivity (Wildman–Crippen MR) is 85.3 cm³/mol. The first-order valence-electron chi connectivity index (χ1n) is 8.56. The second-order valence-electron chi connectivity index (χ2n) is 6.12. The minimum absolute atomic E-state index is 0.118. The molecule has 1 fully saturated rings. The average Bonchev–Trinajstić information content (AvgIpc) is 2.93. The van der Waals surface area contributed by atoms with Crippen LogP contribution in [0.5, 0.6) is 0 Å². The van der Waals surface area contributed by atoms with Crippen LogP contribution in [0, 0.1) is 5.92 Å². The topological polar surface area (TPSA) is 47.6 Å². The van der Waals surface area contributed by atoms with Gasteiger partial charge in [-0.2, -0.15) is 0 Å². The van der Waals surface area contributed by atoms with Crippen molar-refractivity contribution in [2.45, 2.75) is 70.3 Å². The van der Waals surface area contributed by atoms with Gasteiger partial charge in [0.2, 0.25) is 0 Å². The Labute approximate surface area is 130 Å². The highest BCUT2D eigenvalue weighted by Crippen LogP contribution is 2.38. The van der Waals surface area contributed by atoms with Gasteiger partial charge in [-0.15, -0.1) is 0 Å². The van der Waals surface area contributed by atoms with E-state index in [2.05, 4.69) is 12.2 Å². The van der Waals surface area contributed by atoms with E-state index in [0.717, 1.165) is 45.3 Å². The standard InChI is InChI=1S/C17H33NO3/c1-4-5-6-7-8-13-21-14-11-15-10-9-12-17(15,18-2)16(19)20-3/h15,18H,4-14H2,1-3H3. The van der Waals surface area contributed by atoms with Crippen molar-refractivity contribution in [1.29, 1.82) is 0 Å². The summed E-state index contributed by atoms with van der Waals surface area (Å²) in [6, 6.07) is 0. The van der Waals surface area contributed by atoms with Gasteiger partial charge in [-0.1, -0.05) is 39.0 Å². The van der Waals surface area contributed by atoms with Crippen molar-refractivity contribution in [1.82, 2.24) is 5.32 Å². The molecule has 0 heterocycles. The highest BCUT2D eigenvalue weighted by Gasteiger charge is 2.48. The molecule has 0 aromatic rings. The summed E-state index contributed by atoms with van der Waals surface area (Å²) in [5.74, 6) is 0.210. The summed E-state index contributed by atoms with van der Waals surface area (Å²) in [5, 5.41) is 3.22. The van der Waals surface area contributed by atoms with Gasteiger partial charge in [0, 0.05) is 13.2 Å². The summed E-state index contributed by atoms with van der Waals surface area (Å²) >= 11 is 0. The van der Waals surface area contributed by atoms with Gasteiger partial charge in [0.05, 0.1) is 7.11 Å². The molecule has 0 amide bonds. The van der Waals surface area contributed by atoms with Crippen LogP contribution in [0.4, 0.5) is 0 Å². The third-order valence-electron chi connectivity index (χ3n) is 4.82. The molecule has 4 heteroatoms. The summed E-state index contributed by atoms with van der Waals surface area (Å²) < 4.78 is 10.7. The average molecular weight is 299 g/mol. The Kier molecular flexibility index (Phi) is 8.93. The molecular weight excluding hydrogens is 266 g/mol. The van der Waals surface area contributed by atoms with Crippen LogP contribution < -0.4 is 5.32 Å². The van der Waals surface area contributed by atoms with Crippen LogP contribution in [0.2, 0.25) is 0 Å². The van der Waals surface area contributed by atoms with E-state index in [1.54, 1.807) is 0 Å². The fourth-order valence-electron chi connectivity index (χ4n) is 3.49. The van der Waals surface area contributed by atoms with Gasteiger partial charge in [0.1, 0.15) is 5.54 Å². The number of hydrogen-bond donors (Lipinski definition) is 1. The number of nitrogens with one attached hydrogen (secondary N) is 1. The summed E-state index contributed by atoms with van der Waals surface area (Å²) in [7, 11) is 3.34. The molecule has 21 heavy (non-hydrogen) atoms. The largest absolute Gasteiger partial charge is 0.468 e. The van der Waals surface area contributed by atoms with E-state index in [-0.39, 0.29) is 5.97 Å². The zero-order valence-electron chi connectivity index (χ0n) is 14.1. The lowest BCUT2D eigenvalue weighted by atomic mass is 9.85. The second kappa shape index (κ2) is 10.2. The summed E-state index contributed by atoms with van der Waals surface area (Å²) in [6.07, 6.45) is 10.3. The first kappa shape index (κ1) is 18.4. The van der Waals surface area contributed by atoms with E-state index < -0.39 is 5.54 Å². The zero-order valence-corrected chi connectivity index (χ0v) is 14.1. The molecule has 0 aromatic carbocycles. The molecule has 1 aliphatic rings. The lowest BCUT2D eigenvalue weighted by molar-refractivity contribution is -0.150. The van der Waals surface area contributed by atoms with Crippen molar-refractivity contribution in [3.05, 3.63) is 0 Å². The van der Waals surface area contributed by atoms with Crippen LogP contribution in [0.3, 0.4) is 0 Å².